The Morgan fingerprint density at radius 1 is 0.714 bits per heavy atom. The molecule has 180 valence electrons. The summed E-state index contributed by atoms with van der Waals surface area (Å²) in [5.41, 5.74) is -0.0835. The second-order valence-corrected chi connectivity index (χ2v) is 10.7. The highest BCUT2D eigenvalue weighted by Crippen LogP contribution is 2.37. The summed E-state index contributed by atoms with van der Waals surface area (Å²) in [6.07, 6.45) is 0. The van der Waals surface area contributed by atoms with E-state index >= 15 is 0 Å². The van der Waals surface area contributed by atoms with Gasteiger partial charge in [0.2, 0.25) is 0 Å². The van der Waals surface area contributed by atoms with Gasteiger partial charge in [0.25, 0.3) is 32.1 Å². The van der Waals surface area contributed by atoms with Crippen LogP contribution in [-0.4, -0.2) is 43.5 Å². The Balaban J connectivity index is 1.91. The van der Waals surface area contributed by atoms with E-state index in [0.29, 0.717) is 10.5 Å². The molecule has 1 heterocycles. The summed E-state index contributed by atoms with van der Waals surface area (Å²) in [5.74, 6) is -1.91. The minimum atomic E-state index is -5.00. The second kappa shape index (κ2) is 8.20. The van der Waals surface area contributed by atoms with E-state index in [9.17, 15) is 40.3 Å². The van der Waals surface area contributed by atoms with Crippen LogP contribution in [0.1, 0.15) is 43.6 Å². The Labute approximate surface area is 200 Å². The van der Waals surface area contributed by atoms with Crippen molar-refractivity contribution in [3.05, 3.63) is 76.9 Å². The molecule has 0 radical (unpaired) electrons. The number of nitrogens with zero attached hydrogens (tertiary/aromatic N) is 1. The van der Waals surface area contributed by atoms with E-state index in [1.807, 2.05) is 0 Å². The number of benzene rings is 3. The van der Waals surface area contributed by atoms with Gasteiger partial charge in [-0.15, -0.1) is 0 Å². The number of amides is 2. The van der Waals surface area contributed by atoms with Crippen molar-refractivity contribution >= 4 is 43.5 Å². The number of hydrogen-bond donors (Lipinski definition) is 2. The highest BCUT2D eigenvalue weighted by Gasteiger charge is 2.38. The van der Waals surface area contributed by atoms with Crippen LogP contribution in [0.2, 0.25) is 0 Å². The molecule has 0 bridgehead atoms. The largest absolute Gasteiger partial charge is 0.295 e. The fourth-order valence-corrected chi connectivity index (χ4v) is 5.36. The first-order valence-corrected chi connectivity index (χ1v) is 12.8. The molecule has 1 aliphatic heterocycles. The summed E-state index contributed by atoms with van der Waals surface area (Å²) < 4.78 is 67.9. The number of imide groups is 1. The van der Waals surface area contributed by atoms with Gasteiger partial charge in [-0.2, -0.15) is 16.8 Å². The van der Waals surface area contributed by atoms with Gasteiger partial charge >= 0.3 is 0 Å². The number of fused-ring (bicyclic) bond motifs is 1. The number of ketones is 1. The van der Waals surface area contributed by atoms with Crippen molar-refractivity contribution in [2.75, 3.05) is 4.90 Å². The predicted octanol–water partition coefficient (Wildman–Crippen LogP) is 3.16. The third kappa shape index (κ3) is 4.28. The van der Waals surface area contributed by atoms with Crippen LogP contribution < -0.4 is 4.90 Å². The molecule has 0 spiro atoms. The molecule has 0 fully saturated rings. The molecule has 2 amide bonds. The van der Waals surface area contributed by atoms with Crippen molar-refractivity contribution < 1.29 is 40.3 Å². The van der Waals surface area contributed by atoms with Crippen LogP contribution in [0.15, 0.2) is 64.4 Å². The number of carbonyl (C=O) groups is 3. The van der Waals surface area contributed by atoms with Gasteiger partial charge in [-0.3, -0.25) is 23.5 Å². The highest BCUT2D eigenvalue weighted by molar-refractivity contribution is 7.86. The van der Waals surface area contributed by atoms with Crippen LogP contribution in [-0.2, 0) is 20.2 Å². The number of rotatable bonds is 5. The molecule has 4 rings (SSSR count). The number of carbonyl (C=O) groups excluding carboxylic acids is 3. The molecule has 3 aromatic carbocycles. The van der Waals surface area contributed by atoms with Crippen LogP contribution in [0.4, 0.5) is 5.69 Å². The first-order chi connectivity index (χ1) is 16.2. The molecule has 0 saturated carbocycles. The lowest BCUT2D eigenvalue weighted by Crippen LogP contribution is -2.29. The Kier molecular flexibility index (Phi) is 5.72. The Hall–Kier alpha value is -3.71. The van der Waals surface area contributed by atoms with Crippen molar-refractivity contribution in [2.45, 2.75) is 23.6 Å². The lowest BCUT2D eigenvalue weighted by Gasteiger charge is -2.17. The standard InChI is InChI=1S/C23H17NO9S2/c1-12-3-6-16(20(9-12)34(28,29)30)17-8-5-15(11-21(17)35(31,32)33)24-22(26)18-7-4-14(13(2)25)10-19(18)23(24)27/h3-11H,1-2H3,(H,28,29,30)(H,31,32,33). The van der Waals surface area contributed by atoms with Gasteiger partial charge in [0.15, 0.2) is 5.78 Å². The molecule has 0 aromatic heterocycles. The molecular weight excluding hydrogens is 498 g/mol. The zero-order chi connectivity index (χ0) is 25.9. The maximum absolute atomic E-state index is 13.0. The van der Waals surface area contributed by atoms with Gasteiger partial charge < -0.3 is 0 Å². The van der Waals surface area contributed by atoms with Gasteiger partial charge in [0.05, 0.1) is 16.8 Å². The third-order valence-corrected chi connectivity index (χ3v) is 7.29. The van der Waals surface area contributed by atoms with Gasteiger partial charge in [-0.25, -0.2) is 4.90 Å². The lowest BCUT2D eigenvalue weighted by molar-refractivity contribution is 0.0925. The maximum Gasteiger partial charge on any atom is 0.295 e. The van der Waals surface area contributed by atoms with E-state index in [4.69, 9.17) is 0 Å². The summed E-state index contributed by atoms with van der Waals surface area (Å²) in [6, 6.07) is 11.0. The van der Waals surface area contributed by atoms with Gasteiger partial charge in [0, 0.05) is 16.7 Å². The van der Waals surface area contributed by atoms with Gasteiger partial charge in [-0.1, -0.05) is 24.3 Å². The summed E-state index contributed by atoms with van der Waals surface area (Å²) in [6.45, 7) is 2.86. The Bertz CT molecular complexity index is 1670. The monoisotopic (exact) mass is 515 g/mol. The molecule has 0 unspecified atom stereocenters. The molecule has 3 aromatic rings. The highest BCUT2D eigenvalue weighted by atomic mass is 32.2. The van der Waals surface area contributed by atoms with E-state index < -0.39 is 41.8 Å². The molecule has 0 atom stereocenters. The number of Topliss-reactive ketones (excluding diaryl/α,β-unsaturated/α-hetero) is 1. The van der Waals surface area contributed by atoms with Crippen molar-refractivity contribution in [3.63, 3.8) is 0 Å². The number of anilines is 1. The van der Waals surface area contributed by atoms with Crippen LogP contribution in [0.25, 0.3) is 11.1 Å². The fourth-order valence-electron chi connectivity index (χ4n) is 3.85. The van der Waals surface area contributed by atoms with E-state index in [1.54, 1.807) is 6.92 Å². The van der Waals surface area contributed by atoms with Gasteiger partial charge in [0.1, 0.15) is 9.79 Å². The SMILES string of the molecule is CC(=O)c1ccc2c(c1)C(=O)N(c1ccc(-c3ccc(C)cc3S(=O)(=O)O)c(S(=O)(=O)O)c1)C2=O. The first-order valence-electron chi connectivity index (χ1n) is 9.94. The molecule has 35 heavy (non-hydrogen) atoms. The molecule has 0 saturated heterocycles. The summed E-state index contributed by atoms with van der Waals surface area (Å²) in [4.78, 5) is 36.9. The van der Waals surface area contributed by atoms with Crippen molar-refractivity contribution in [1.29, 1.82) is 0 Å². The zero-order valence-electron chi connectivity index (χ0n) is 18.2. The van der Waals surface area contributed by atoms with Crippen LogP contribution in [0, 0.1) is 6.92 Å². The summed E-state index contributed by atoms with van der Waals surface area (Å²) in [7, 11) is -9.78. The Morgan fingerprint density at radius 2 is 1.23 bits per heavy atom. The molecule has 2 N–H and O–H groups in total. The molecular formula is C23H17NO9S2. The first kappa shape index (κ1) is 24.4. The average Bonchev–Trinajstić information content (AvgIpc) is 3.02. The predicted molar refractivity (Wildman–Crippen MR) is 124 cm³/mol. The molecule has 0 aliphatic carbocycles. The van der Waals surface area contributed by atoms with Crippen LogP contribution >= 0.6 is 0 Å². The number of aryl methyl sites for hydroxylation is 1. The molecule has 10 nitrogen and oxygen atoms in total. The van der Waals surface area contributed by atoms with E-state index in [0.717, 1.165) is 18.2 Å². The van der Waals surface area contributed by atoms with E-state index in [1.165, 1.54) is 43.3 Å². The average molecular weight is 516 g/mol. The zero-order valence-corrected chi connectivity index (χ0v) is 19.8. The van der Waals surface area contributed by atoms with Crippen molar-refractivity contribution in [2.24, 2.45) is 0 Å². The molecule has 1 aliphatic rings. The maximum atomic E-state index is 13.0. The van der Waals surface area contributed by atoms with Crippen LogP contribution in [0.3, 0.4) is 0 Å². The van der Waals surface area contributed by atoms with Crippen molar-refractivity contribution in [1.82, 2.24) is 0 Å². The second-order valence-electron chi connectivity index (χ2n) is 7.89. The minimum absolute atomic E-state index is 0.00433. The quantitative estimate of drug-likeness (QED) is 0.295. The normalized spacial score (nSPS) is 13.8. The van der Waals surface area contributed by atoms with E-state index in [2.05, 4.69) is 0 Å². The third-order valence-electron chi connectivity index (χ3n) is 5.50. The molecule has 12 heteroatoms. The number of hydrogen-bond acceptors (Lipinski definition) is 7. The fraction of sp³-hybridized carbons (Fsp3) is 0.0870. The minimum Gasteiger partial charge on any atom is -0.295 e. The Morgan fingerprint density at radius 3 is 1.80 bits per heavy atom. The lowest BCUT2D eigenvalue weighted by atomic mass is 10.0. The summed E-state index contributed by atoms with van der Waals surface area (Å²) >= 11 is 0. The smallest absolute Gasteiger partial charge is 0.295 e. The van der Waals surface area contributed by atoms with E-state index in [-0.39, 0.29) is 39.3 Å². The topological polar surface area (TPSA) is 163 Å². The van der Waals surface area contributed by atoms with Crippen molar-refractivity contribution in [3.8, 4) is 11.1 Å². The summed E-state index contributed by atoms with van der Waals surface area (Å²) in [5, 5.41) is 0. The van der Waals surface area contributed by atoms with Gasteiger partial charge in [-0.05, 0) is 49.7 Å². The van der Waals surface area contributed by atoms with Crippen LogP contribution in [0.5, 0.6) is 0 Å².